The average Bonchev–Trinajstić information content (AvgIpc) is 2.49. The number of halogens is 1. The molecule has 0 saturated heterocycles. The third-order valence-electron chi connectivity index (χ3n) is 5.55. The van der Waals surface area contributed by atoms with Crippen molar-refractivity contribution in [3.05, 3.63) is 29.1 Å². The quantitative estimate of drug-likeness (QED) is 0.868. The summed E-state index contributed by atoms with van der Waals surface area (Å²) in [5.41, 5.74) is 8.31. The maximum atomic E-state index is 14.4. The van der Waals surface area contributed by atoms with E-state index in [1.165, 1.54) is 12.5 Å². The van der Waals surface area contributed by atoms with Crippen LogP contribution in [0.2, 0.25) is 0 Å². The van der Waals surface area contributed by atoms with Crippen LogP contribution in [0.15, 0.2) is 12.1 Å². The van der Waals surface area contributed by atoms with E-state index in [2.05, 4.69) is 13.8 Å². The Morgan fingerprint density at radius 1 is 1.38 bits per heavy atom. The molecular weight excluding hydrogens is 265 g/mol. The Balaban J connectivity index is 2.21. The molecule has 3 heteroatoms. The number of phenols is 1. The zero-order valence-electron chi connectivity index (χ0n) is 13.0. The number of fused-ring (bicyclic) bond motifs is 4. The SMILES string of the molecule is CC(C)CC12CCCCC(Cc3c(F)cc(O)cc31)C2N. The van der Waals surface area contributed by atoms with E-state index in [-0.39, 0.29) is 23.0 Å². The third-order valence-corrected chi connectivity index (χ3v) is 5.55. The fraction of sp³-hybridized carbons (Fsp3) is 0.667. The standard InChI is InChI=1S/C18H26FNO/c1-11(2)10-18-6-4-3-5-12(17(18)20)7-14-15(18)8-13(21)9-16(14)19/h8-9,11-12,17,21H,3-7,10,20H2,1-2H3. The van der Waals surface area contributed by atoms with Crippen molar-refractivity contribution in [3.8, 4) is 5.75 Å². The Morgan fingerprint density at radius 3 is 2.86 bits per heavy atom. The summed E-state index contributed by atoms with van der Waals surface area (Å²) in [5.74, 6) is 0.658. The van der Waals surface area contributed by atoms with Crippen LogP contribution in [0.3, 0.4) is 0 Å². The molecule has 1 aromatic rings. The van der Waals surface area contributed by atoms with Crippen LogP contribution in [0.25, 0.3) is 0 Å². The second kappa shape index (κ2) is 5.28. The molecule has 1 aromatic carbocycles. The van der Waals surface area contributed by atoms with E-state index < -0.39 is 0 Å². The number of benzene rings is 1. The van der Waals surface area contributed by atoms with Gasteiger partial charge in [0.25, 0.3) is 0 Å². The van der Waals surface area contributed by atoms with Gasteiger partial charge in [-0.15, -0.1) is 0 Å². The first kappa shape index (κ1) is 14.8. The molecule has 0 radical (unpaired) electrons. The number of rotatable bonds is 2. The molecule has 3 rings (SSSR count). The van der Waals surface area contributed by atoms with E-state index in [1.54, 1.807) is 6.07 Å². The summed E-state index contributed by atoms with van der Waals surface area (Å²) in [4.78, 5) is 0. The van der Waals surface area contributed by atoms with Gasteiger partial charge >= 0.3 is 0 Å². The molecule has 2 bridgehead atoms. The summed E-state index contributed by atoms with van der Waals surface area (Å²) in [6.07, 6.45) is 6.13. The van der Waals surface area contributed by atoms with Gasteiger partial charge in [-0.2, -0.15) is 0 Å². The molecule has 116 valence electrons. The van der Waals surface area contributed by atoms with Gasteiger partial charge < -0.3 is 10.8 Å². The molecule has 2 aliphatic carbocycles. The Hall–Kier alpha value is -1.09. The normalized spacial score (nSPS) is 31.9. The minimum absolute atomic E-state index is 0.0317. The first-order valence-electron chi connectivity index (χ1n) is 8.21. The molecule has 2 nitrogen and oxygen atoms in total. The lowest BCUT2D eigenvalue weighted by Crippen LogP contribution is -2.53. The monoisotopic (exact) mass is 291 g/mol. The molecule has 3 atom stereocenters. The Morgan fingerprint density at radius 2 is 2.14 bits per heavy atom. The average molecular weight is 291 g/mol. The maximum absolute atomic E-state index is 14.4. The summed E-state index contributed by atoms with van der Waals surface area (Å²) in [6, 6.07) is 3.11. The van der Waals surface area contributed by atoms with Gasteiger partial charge in [0.1, 0.15) is 11.6 Å². The molecule has 0 aromatic heterocycles. The van der Waals surface area contributed by atoms with Crippen LogP contribution in [0.5, 0.6) is 5.75 Å². The number of nitrogens with two attached hydrogens (primary N) is 1. The number of hydrogen-bond acceptors (Lipinski definition) is 2. The van der Waals surface area contributed by atoms with Gasteiger partial charge in [0.2, 0.25) is 0 Å². The van der Waals surface area contributed by atoms with Crippen molar-refractivity contribution in [2.45, 2.75) is 63.8 Å². The van der Waals surface area contributed by atoms with E-state index in [1.807, 2.05) is 0 Å². The van der Waals surface area contributed by atoms with Crippen molar-refractivity contribution in [2.24, 2.45) is 17.6 Å². The van der Waals surface area contributed by atoms with Crippen LogP contribution in [-0.2, 0) is 11.8 Å². The molecule has 0 heterocycles. The van der Waals surface area contributed by atoms with Crippen molar-refractivity contribution in [2.75, 3.05) is 0 Å². The second-order valence-electron chi connectivity index (χ2n) is 7.44. The van der Waals surface area contributed by atoms with Crippen molar-refractivity contribution >= 4 is 0 Å². The van der Waals surface area contributed by atoms with Crippen LogP contribution in [0.4, 0.5) is 4.39 Å². The van der Waals surface area contributed by atoms with Crippen LogP contribution in [-0.4, -0.2) is 11.1 Å². The van der Waals surface area contributed by atoms with Crippen LogP contribution in [0.1, 0.15) is 57.1 Å². The van der Waals surface area contributed by atoms with E-state index in [4.69, 9.17) is 5.73 Å². The molecule has 3 N–H and O–H groups in total. The fourth-order valence-corrected chi connectivity index (χ4v) is 4.80. The number of aromatic hydroxyl groups is 1. The van der Waals surface area contributed by atoms with Crippen LogP contribution in [0, 0.1) is 17.7 Å². The van der Waals surface area contributed by atoms with Crippen molar-refractivity contribution in [3.63, 3.8) is 0 Å². The lowest BCUT2D eigenvalue weighted by atomic mass is 9.59. The van der Waals surface area contributed by atoms with Gasteiger partial charge in [-0.3, -0.25) is 0 Å². The van der Waals surface area contributed by atoms with E-state index in [0.29, 0.717) is 11.8 Å². The first-order valence-corrected chi connectivity index (χ1v) is 8.21. The smallest absolute Gasteiger partial charge is 0.130 e. The number of phenolic OH excluding ortho intramolecular Hbond substituents is 1. The minimum atomic E-state index is -0.253. The van der Waals surface area contributed by atoms with Crippen LogP contribution < -0.4 is 5.73 Å². The Labute approximate surface area is 126 Å². The Bertz CT molecular complexity index is 542. The highest BCUT2D eigenvalue weighted by Crippen LogP contribution is 2.51. The molecular formula is C18H26FNO. The number of hydrogen-bond donors (Lipinski definition) is 2. The maximum Gasteiger partial charge on any atom is 0.130 e. The molecule has 2 aliphatic rings. The van der Waals surface area contributed by atoms with E-state index in [9.17, 15) is 9.50 Å². The van der Waals surface area contributed by atoms with Crippen molar-refractivity contribution in [1.82, 2.24) is 0 Å². The topological polar surface area (TPSA) is 46.2 Å². The molecule has 1 fully saturated rings. The third kappa shape index (κ3) is 2.36. The highest BCUT2D eigenvalue weighted by molar-refractivity contribution is 5.45. The van der Waals surface area contributed by atoms with E-state index >= 15 is 0 Å². The van der Waals surface area contributed by atoms with Crippen LogP contribution >= 0.6 is 0 Å². The lowest BCUT2D eigenvalue weighted by molar-refractivity contribution is 0.197. The van der Waals surface area contributed by atoms with Crippen molar-refractivity contribution in [1.29, 1.82) is 0 Å². The Kier molecular flexibility index (Phi) is 3.73. The summed E-state index contributed by atoms with van der Waals surface area (Å²) in [6.45, 7) is 4.41. The summed E-state index contributed by atoms with van der Waals surface area (Å²) < 4.78 is 14.4. The van der Waals surface area contributed by atoms with Gasteiger partial charge in [-0.1, -0.05) is 26.7 Å². The predicted octanol–water partition coefficient (Wildman–Crippen LogP) is 3.89. The molecule has 0 amide bonds. The highest BCUT2D eigenvalue weighted by atomic mass is 19.1. The van der Waals surface area contributed by atoms with Gasteiger partial charge in [0.05, 0.1) is 0 Å². The lowest BCUT2D eigenvalue weighted by Gasteiger charge is -2.47. The second-order valence-corrected chi connectivity index (χ2v) is 7.44. The van der Waals surface area contributed by atoms with Gasteiger partial charge in [0.15, 0.2) is 0 Å². The zero-order valence-corrected chi connectivity index (χ0v) is 13.0. The molecule has 3 unspecified atom stereocenters. The molecule has 0 aliphatic heterocycles. The summed E-state index contributed by atoms with van der Waals surface area (Å²) in [5, 5.41) is 9.89. The first-order chi connectivity index (χ1) is 9.94. The van der Waals surface area contributed by atoms with Gasteiger partial charge in [-0.25, -0.2) is 4.39 Å². The van der Waals surface area contributed by atoms with E-state index in [0.717, 1.165) is 43.2 Å². The summed E-state index contributed by atoms with van der Waals surface area (Å²) in [7, 11) is 0. The van der Waals surface area contributed by atoms with Gasteiger partial charge in [0, 0.05) is 17.5 Å². The molecule has 1 saturated carbocycles. The van der Waals surface area contributed by atoms with Gasteiger partial charge in [-0.05, 0) is 54.7 Å². The molecule has 21 heavy (non-hydrogen) atoms. The van der Waals surface area contributed by atoms with Crippen molar-refractivity contribution < 1.29 is 9.50 Å². The molecule has 0 spiro atoms. The minimum Gasteiger partial charge on any atom is -0.508 e. The predicted molar refractivity (Wildman–Crippen MR) is 82.8 cm³/mol. The summed E-state index contributed by atoms with van der Waals surface area (Å²) >= 11 is 0. The zero-order chi connectivity index (χ0) is 15.2. The fourth-order valence-electron chi connectivity index (χ4n) is 4.80. The largest absolute Gasteiger partial charge is 0.508 e. The highest BCUT2D eigenvalue weighted by Gasteiger charge is 2.48.